The number of nitrogen functional groups attached to an aromatic ring is 1. The van der Waals surface area contributed by atoms with Gasteiger partial charge in [0.2, 0.25) is 0 Å². The van der Waals surface area contributed by atoms with Crippen LogP contribution in [0, 0.1) is 19.7 Å². The number of rotatable bonds is 3. The molecule has 2 N–H and O–H groups in total. The Kier molecular flexibility index (Phi) is 4.33. The molecule has 0 amide bonds. The van der Waals surface area contributed by atoms with Crippen molar-refractivity contribution in [3.63, 3.8) is 0 Å². The molecule has 0 aliphatic rings. The van der Waals surface area contributed by atoms with E-state index in [0.717, 1.165) is 15.7 Å². The molecule has 0 aliphatic heterocycles. The maximum Gasteiger partial charge on any atom is 0.128 e. The number of nitrogens with zero attached hydrogens (tertiary/aromatic N) is 1. The third-order valence-corrected chi connectivity index (χ3v) is 3.96. The molecule has 0 radical (unpaired) electrons. The summed E-state index contributed by atoms with van der Waals surface area (Å²) in [7, 11) is 1.92. The first-order chi connectivity index (χ1) is 9.38. The molecular formula is C16H18BrFN2. The highest BCUT2D eigenvalue weighted by atomic mass is 79.9. The molecule has 4 heteroatoms. The quantitative estimate of drug-likeness (QED) is 0.840. The third-order valence-electron chi connectivity index (χ3n) is 3.47. The molecule has 0 heterocycles. The van der Waals surface area contributed by atoms with Crippen molar-refractivity contribution < 1.29 is 4.39 Å². The molecule has 0 aliphatic carbocycles. The van der Waals surface area contributed by atoms with Gasteiger partial charge in [0.1, 0.15) is 5.82 Å². The fourth-order valence-electron chi connectivity index (χ4n) is 2.16. The Morgan fingerprint density at radius 3 is 2.50 bits per heavy atom. The number of benzene rings is 2. The molecule has 20 heavy (non-hydrogen) atoms. The van der Waals surface area contributed by atoms with Gasteiger partial charge in [-0.1, -0.05) is 15.9 Å². The number of hydrogen-bond acceptors (Lipinski definition) is 2. The number of nitrogens with two attached hydrogens (primary N) is 1. The minimum Gasteiger partial charge on any atom is -0.397 e. The molecule has 2 nitrogen and oxygen atoms in total. The molecule has 0 atom stereocenters. The zero-order valence-electron chi connectivity index (χ0n) is 11.9. The van der Waals surface area contributed by atoms with Gasteiger partial charge in [-0.25, -0.2) is 4.39 Å². The maximum atomic E-state index is 13.8. The van der Waals surface area contributed by atoms with E-state index in [0.29, 0.717) is 17.8 Å². The first-order valence-electron chi connectivity index (χ1n) is 6.40. The van der Waals surface area contributed by atoms with Gasteiger partial charge in [0.05, 0.1) is 11.4 Å². The SMILES string of the molecule is Cc1cc(N)c(N(C)Cc2cc(Br)ccc2F)cc1C. The van der Waals surface area contributed by atoms with Crippen molar-refractivity contribution in [3.8, 4) is 0 Å². The van der Waals surface area contributed by atoms with E-state index >= 15 is 0 Å². The smallest absolute Gasteiger partial charge is 0.128 e. The van der Waals surface area contributed by atoms with Gasteiger partial charge < -0.3 is 10.6 Å². The summed E-state index contributed by atoms with van der Waals surface area (Å²) in [6.07, 6.45) is 0. The van der Waals surface area contributed by atoms with Crippen molar-refractivity contribution in [2.45, 2.75) is 20.4 Å². The maximum absolute atomic E-state index is 13.8. The fraction of sp³-hybridized carbons (Fsp3) is 0.250. The van der Waals surface area contributed by atoms with Crippen molar-refractivity contribution in [1.29, 1.82) is 0 Å². The molecule has 2 rings (SSSR count). The zero-order valence-corrected chi connectivity index (χ0v) is 13.5. The normalized spacial score (nSPS) is 10.7. The summed E-state index contributed by atoms with van der Waals surface area (Å²) >= 11 is 3.37. The van der Waals surface area contributed by atoms with Gasteiger partial charge >= 0.3 is 0 Å². The average Bonchev–Trinajstić information content (AvgIpc) is 2.38. The van der Waals surface area contributed by atoms with Crippen LogP contribution in [0.2, 0.25) is 0 Å². The van der Waals surface area contributed by atoms with Crippen LogP contribution < -0.4 is 10.6 Å². The highest BCUT2D eigenvalue weighted by molar-refractivity contribution is 9.10. The molecule has 0 spiro atoms. The highest BCUT2D eigenvalue weighted by Gasteiger charge is 2.11. The van der Waals surface area contributed by atoms with Gasteiger partial charge in [-0.05, 0) is 55.3 Å². The second kappa shape index (κ2) is 5.83. The molecule has 2 aromatic rings. The lowest BCUT2D eigenvalue weighted by molar-refractivity contribution is 0.607. The summed E-state index contributed by atoms with van der Waals surface area (Å²) < 4.78 is 14.7. The van der Waals surface area contributed by atoms with Crippen LogP contribution >= 0.6 is 15.9 Å². The molecule has 0 unspecified atom stereocenters. The van der Waals surface area contributed by atoms with Crippen LogP contribution in [-0.4, -0.2) is 7.05 Å². The van der Waals surface area contributed by atoms with Crippen LogP contribution in [0.15, 0.2) is 34.8 Å². The summed E-state index contributed by atoms with van der Waals surface area (Å²) in [5.74, 6) is -0.206. The predicted molar refractivity (Wildman–Crippen MR) is 86.5 cm³/mol. The second-order valence-electron chi connectivity index (χ2n) is 5.09. The van der Waals surface area contributed by atoms with E-state index in [2.05, 4.69) is 15.9 Å². The molecule has 106 valence electrons. The van der Waals surface area contributed by atoms with Crippen molar-refractivity contribution in [2.24, 2.45) is 0 Å². The number of anilines is 2. The molecular weight excluding hydrogens is 319 g/mol. The van der Waals surface area contributed by atoms with Gasteiger partial charge in [0, 0.05) is 23.6 Å². The number of halogens is 2. The van der Waals surface area contributed by atoms with E-state index in [1.807, 2.05) is 37.9 Å². The minimum atomic E-state index is -0.206. The van der Waals surface area contributed by atoms with Gasteiger partial charge in [-0.3, -0.25) is 0 Å². The Bertz CT molecular complexity index is 641. The molecule has 0 fully saturated rings. The average molecular weight is 337 g/mol. The van der Waals surface area contributed by atoms with Crippen LogP contribution in [0.25, 0.3) is 0 Å². The van der Waals surface area contributed by atoms with Gasteiger partial charge in [-0.2, -0.15) is 0 Å². The Morgan fingerprint density at radius 2 is 1.80 bits per heavy atom. The van der Waals surface area contributed by atoms with E-state index in [-0.39, 0.29) is 5.82 Å². The van der Waals surface area contributed by atoms with Crippen molar-refractivity contribution >= 4 is 27.3 Å². The first kappa shape index (κ1) is 14.9. The van der Waals surface area contributed by atoms with E-state index < -0.39 is 0 Å². The van der Waals surface area contributed by atoms with Crippen LogP contribution in [0.3, 0.4) is 0 Å². The third kappa shape index (κ3) is 3.12. The summed E-state index contributed by atoms with van der Waals surface area (Å²) in [5, 5.41) is 0. The van der Waals surface area contributed by atoms with Crippen LogP contribution in [0.5, 0.6) is 0 Å². The Morgan fingerprint density at radius 1 is 1.15 bits per heavy atom. The monoisotopic (exact) mass is 336 g/mol. The fourth-order valence-corrected chi connectivity index (χ4v) is 2.57. The Labute approximate surface area is 127 Å². The van der Waals surface area contributed by atoms with E-state index in [9.17, 15) is 4.39 Å². The first-order valence-corrected chi connectivity index (χ1v) is 7.19. The lowest BCUT2D eigenvalue weighted by Crippen LogP contribution is -2.19. The summed E-state index contributed by atoms with van der Waals surface area (Å²) in [4.78, 5) is 1.96. The van der Waals surface area contributed by atoms with E-state index in [4.69, 9.17) is 5.73 Å². The number of hydrogen-bond donors (Lipinski definition) is 1. The predicted octanol–water partition coefficient (Wildman–Crippen LogP) is 4.42. The topological polar surface area (TPSA) is 29.3 Å². The van der Waals surface area contributed by atoms with Crippen LogP contribution in [-0.2, 0) is 6.54 Å². The molecule has 0 aromatic heterocycles. The lowest BCUT2D eigenvalue weighted by atomic mass is 10.1. The zero-order chi connectivity index (χ0) is 14.9. The molecule has 0 saturated carbocycles. The lowest BCUT2D eigenvalue weighted by Gasteiger charge is -2.23. The Balaban J connectivity index is 2.30. The highest BCUT2D eigenvalue weighted by Crippen LogP contribution is 2.28. The largest absolute Gasteiger partial charge is 0.397 e. The Hall–Kier alpha value is -1.55. The second-order valence-corrected chi connectivity index (χ2v) is 6.00. The van der Waals surface area contributed by atoms with Crippen LogP contribution in [0.4, 0.5) is 15.8 Å². The van der Waals surface area contributed by atoms with Crippen molar-refractivity contribution in [1.82, 2.24) is 0 Å². The van der Waals surface area contributed by atoms with Crippen molar-refractivity contribution in [2.75, 3.05) is 17.7 Å². The summed E-state index contributed by atoms with van der Waals surface area (Å²) in [5.41, 5.74) is 10.7. The molecule has 2 aromatic carbocycles. The summed E-state index contributed by atoms with van der Waals surface area (Å²) in [6.45, 7) is 4.55. The van der Waals surface area contributed by atoms with Gasteiger partial charge in [-0.15, -0.1) is 0 Å². The van der Waals surface area contributed by atoms with E-state index in [1.54, 1.807) is 12.1 Å². The molecule has 0 bridgehead atoms. The van der Waals surface area contributed by atoms with Crippen LogP contribution in [0.1, 0.15) is 16.7 Å². The van der Waals surface area contributed by atoms with Gasteiger partial charge in [0.15, 0.2) is 0 Å². The van der Waals surface area contributed by atoms with Gasteiger partial charge in [0.25, 0.3) is 0 Å². The standard InChI is InChI=1S/C16H18BrFN2/c1-10-6-15(19)16(7-11(10)2)20(3)9-12-8-13(17)4-5-14(12)18/h4-8H,9,19H2,1-3H3. The summed E-state index contributed by atoms with van der Waals surface area (Å²) in [6, 6.07) is 8.96. The van der Waals surface area contributed by atoms with Crippen molar-refractivity contribution in [3.05, 3.63) is 57.3 Å². The minimum absolute atomic E-state index is 0.206. The number of aryl methyl sites for hydroxylation is 2. The van der Waals surface area contributed by atoms with E-state index in [1.165, 1.54) is 11.6 Å². The molecule has 0 saturated heterocycles.